The standard InChI is InChI=1S/C20H33NO2.C9H17N/c1-5-7-8-9-12-15-21-20(22)16(3)19(23-4)18-14-11-10-13-17(18)6-2;1-5-9(6-2)10-7-8(3)4/h6,13-14,20-22H,2,5,7-12,15H2,1,3-4H3;5,7-8H,6H2,1-4H3/b19-16-;9-5-,10-7?. The van der Waals surface area contributed by atoms with Gasteiger partial charge in [-0.3, -0.25) is 10.3 Å². The van der Waals surface area contributed by atoms with Gasteiger partial charge in [0.15, 0.2) is 0 Å². The number of hydrogen-bond acceptors (Lipinski definition) is 4. The Morgan fingerprint density at radius 2 is 1.85 bits per heavy atom. The van der Waals surface area contributed by atoms with Crippen molar-refractivity contribution in [3.63, 3.8) is 0 Å². The van der Waals surface area contributed by atoms with E-state index in [9.17, 15) is 5.11 Å². The van der Waals surface area contributed by atoms with Crippen molar-refractivity contribution in [3.05, 3.63) is 59.1 Å². The van der Waals surface area contributed by atoms with E-state index in [-0.39, 0.29) is 0 Å². The summed E-state index contributed by atoms with van der Waals surface area (Å²) in [4.78, 5) is 4.30. The zero-order valence-corrected chi connectivity index (χ0v) is 22.4. The molecule has 0 aromatic heterocycles. The van der Waals surface area contributed by atoms with Crippen LogP contribution >= 0.6 is 0 Å². The Balaban J connectivity index is 0.000000861. The zero-order valence-electron chi connectivity index (χ0n) is 22.4. The Labute approximate surface area is 204 Å². The first-order valence-electron chi connectivity index (χ1n) is 12.7. The van der Waals surface area contributed by atoms with E-state index in [1.54, 1.807) is 7.11 Å². The highest BCUT2D eigenvalue weighted by atomic mass is 16.5. The fourth-order valence-corrected chi connectivity index (χ4v) is 3.45. The summed E-state index contributed by atoms with van der Waals surface area (Å²) >= 11 is 0. The lowest BCUT2D eigenvalue weighted by atomic mass is 9.94. The number of allylic oxidation sites excluding steroid dienone is 6. The second-order valence-corrected chi connectivity index (χ2v) is 8.70. The van der Waals surface area contributed by atoms with E-state index in [4.69, 9.17) is 4.74 Å². The lowest BCUT2D eigenvalue weighted by Crippen LogP contribution is -2.31. The summed E-state index contributed by atoms with van der Waals surface area (Å²) in [6.45, 7) is 17.2. The second-order valence-electron chi connectivity index (χ2n) is 8.70. The van der Waals surface area contributed by atoms with Gasteiger partial charge in [-0.25, -0.2) is 0 Å². The quantitative estimate of drug-likeness (QED) is 0.122. The lowest BCUT2D eigenvalue weighted by Gasteiger charge is -2.21. The molecule has 33 heavy (non-hydrogen) atoms. The number of nitrogens with one attached hydrogen (secondary N) is 1. The van der Waals surface area contributed by atoms with E-state index in [0.717, 1.165) is 54.7 Å². The maximum Gasteiger partial charge on any atom is 0.130 e. The highest BCUT2D eigenvalue weighted by Gasteiger charge is 2.18. The van der Waals surface area contributed by atoms with Crippen LogP contribution in [0.15, 0.2) is 64.1 Å². The number of rotatable bonds is 14. The number of methoxy groups -OCH3 is 1. The third-order valence-corrected chi connectivity index (χ3v) is 5.48. The summed E-state index contributed by atoms with van der Waals surface area (Å²) in [7, 11) is 1.66. The van der Waals surface area contributed by atoms with Crippen molar-refractivity contribution in [2.45, 2.75) is 99.1 Å². The summed E-state index contributed by atoms with van der Waals surface area (Å²) < 4.78 is 5.59. The third kappa shape index (κ3) is 13.4. The van der Waals surface area contributed by atoms with Crippen LogP contribution in [0.2, 0.25) is 0 Å². The fraction of sp³-hybridized carbons (Fsp3) is 0.621. The molecule has 0 spiro atoms. The largest absolute Gasteiger partial charge is 0.496 e. The van der Waals surface area contributed by atoms with Crippen LogP contribution < -0.4 is 5.32 Å². The van der Waals surface area contributed by atoms with Crippen LogP contribution in [-0.4, -0.2) is 31.2 Å². The Morgan fingerprint density at radius 1 is 1.18 bits per heavy atom. The first kappa shape index (κ1) is 31.1. The molecule has 4 heteroatoms. The van der Waals surface area contributed by atoms with Crippen LogP contribution in [-0.2, 0) is 4.74 Å². The summed E-state index contributed by atoms with van der Waals surface area (Å²) in [5, 5.41) is 13.6. The number of nitrogens with zero attached hydrogens (tertiary/aromatic N) is 1. The van der Waals surface area contributed by atoms with Crippen molar-refractivity contribution < 1.29 is 9.84 Å². The molecule has 0 amide bonds. The summed E-state index contributed by atoms with van der Waals surface area (Å²) in [5.74, 6) is 1.31. The Kier molecular flexibility index (Phi) is 18.4. The Morgan fingerprint density at radius 3 is 2.39 bits per heavy atom. The molecule has 0 fully saturated rings. The smallest absolute Gasteiger partial charge is 0.130 e. The van der Waals surface area contributed by atoms with E-state index >= 15 is 0 Å². The van der Waals surface area contributed by atoms with E-state index < -0.39 is 6.23 Å². The highest BCUT2D eigenvalue weighted by molar-refractivity contribution is 5.61. The second kappa shape index (κ2) is 19.5. The molecule has 1 aliphatic carbocycles. The molecule has 0 bridgehead atoms. The molecule has 0 aromatic carbocycles. The van der Waals surface area contributed by atoms with Gasteiger partial charge in [0.25, 0.3) is 0 Å². The molecule has 0 aliphatic heterocycles. The van der Waals surface area contributed by atoms with Gasteiger partial charge in [-0.05, 0) is 57.6 Å². The molecule has 1 atom stereocenters. The normalized spacial score (nSPS) is 16.0. The molecule has 0 saturated carbocycles. The fourth-order valence-electron chi connectivity index (χ4n) is 3.45. The average Bonchev–Trinajstić information content (AvgIpc) is 2.82. The van der Waals surface area contributed by atoms with Crippen molar-refractivity contribution in [2.24, 2.45) is 10.9 Å². The van der Waals surface area contributed by atoms with Gasteiger partial charge in [-0.15, -0.1) is 0 Å². The molecule has 1 aliphatic rings. The highest BCUT2D eigenvalue weighted by Crippen LogP contribution is 2.29. The number of hydrogen-bond donors (Lipinski definition) is 2. The molecular formula is C29H50N2O2. The molecule has 1 unspecified atom stereocenters. The van der Waals surface area contributed by atoms with Gasteiger partial charge in [-0.1, -0.05) is 84.3 Å². The third-order valence-electron chi connectivity index (χ3n) is 5.48. The molecule has 4 nitrogen and oxygen atoms in total. The molecular weight excluding hydrogens is 408 g/mol. The number of unbranched alkanes of at least 4 members (excludes halogenated alkanes) is 4. The molecule has 0 radical (unpaired) electrons. The Bertz CT molecular complexity index is 696. The first-order chi connectivity index (χ1) is 15.9. The number of aliphatic imine (C=N–C) groups is 1. The van der Waals surface area contributed by atoms with E-state index in [2.05, 4.69) is 62.8 Å². The minimum atomic E-state index is -0.676. The lowest BCUT2D eigenvalue weighted by molar-refractivity contribution is 0.162. The zero-order chi connectivity index (χ0) is 25.1. The maximum atomic E-state index is 10.4. The minimum Gasteiger partial charge on any atom is -0.496 e. The van der Waals surface area contributed by atoms with Crippen molar-refractivity contribution in [3.8, 4) is 0 Å². The van der Waals surface area contributed by atoms with Gasteiger partial charge >= 0.3 is 0 Å². The van der Waals surface area contributed by atoms with Gasteiger partial charge in [0.05, 0.1) is 7.11 Å². The van der Waals surface area contributed by atoms with Crippen molar-refractivity contribution in [1.29, 1.82) is 0 Å². The average molecular weight is 459 g/mol. The van der Waals surface area contributed by atoms with Crippen LogP contribution in [0.5, 0.6) is 0 Å². The van der Waals surface area contributed by atoms with Gasteiger partial charge in [0, 0.05) is 23.1 Å². The molecule has 0 saturated heterocycles. The van der Waals surface area contributed by atoms with E-state index in [1.165, 1.54) is 31.4 Å². The predicted molar refractivity (Wildman–Crippen MR) is 145 cm³/mol. The van der Waals surface area contributed by atoms with E-state index in [1.807, 2.05) is 26.1 Å². The van der Waals surface area contributed by atoms with Crippen molar-refractivity contribution in [2.75, 3.05) is 13.7 Å². The predicted octanol–water partition coefficient (Wildman–Crippen LogP) is 7.64. The van der Waals surface area contributed by atoms with Crippen molar-refractivity contribution >= 4 is 6.21 Å². The number of aliphatic hydroxyl groups is 1. The van der Waals surface area contributed by atoms with Crippen LogP contribution in [0.4, 0.5) is 0 Å². The van der Waals surface area contributed by atoms with Crippen LogP contribution in [0.25, 0.3) is 0 Å². The molecule has 0 aromatic rings. The first-order valence-corrected chi connectivity index (χ1v) is 12.7. The van der Waals surface area contributed by atoms with Crippen LogP contribution in [0, 0.1) is 5.92 Å². The van der Waals surface area contributed by atoms with Gasteiger partial charge < -0.3 is 9.84 Å². The van der Waals surface area contributed by atoms with Crippen LogP contribution in [0.1, 0.15) is 92.9 Å². The SMILES string of the molecule is C/C=C(/CC)N=CC(C)C.C=CC1=CCCC=C1/C(OC)=C(\C)C(O)NCCCCCCC. The van der Waals surface area contributed by atoms with Gasteiger partial charge in [0.1, 0.15) is 12.0 Å². The maximum absolute atomic E-state index is 10.4. The number of ether oxygens (including phenoxy) is 1. The molecule has 2 N–H and O–H groups in total. The summed E-state index contributed by atoms with van der Waals surface area (Å²) in [5.41, 5.74) is 4.12. The summed E-state index contributed by atoms with van der Waals surface area (Å²) in [6, 6.07) is 0. The topological polar surface area (TPSA) is 53.9 Å². The van der Waals surface area contributed by atoms with Crippen molar-refractivity contribution in [1.82, 2.24) is 5.32 Å². The summed E-state index contributed by atoms with van der Waals surface area (Å²) in [6.07, 6.45) is 18.7. The Hall–Kier alpha value is -1.91. The molecule has 0 heterocycles. The molecule has 1 rings (SSSR count). The van der Waals surface area contributed by atoms with Gasteiger partial charge in [-0.2, -0.15) is 0 Å². The van der Waals surface area contributed by atoms with Crippen LogP contribution in [0.3, 0.4) is 0 Å². The molecule has 188 valence electrons. The number of aliphatic hydroxyl groups excluding tert-OH is 1. The minimum absolute atomic E-state index is 0.557. The van der Waals surface area contributed by atoms with E-state index in [0.29, 0.717) is 5.92 Å². The monoisotopic (exact) mass is 458 g/mol. The van der Waals surface area contributed by atoms with Gasteiger partial charge in [0.2, 0.25) is 0 Å².